The molecule has 198 valence electrons. The van der Waals surface area contributed by atoms with Crippen molar-refractivity contribution in [3.63, 3.8) is 0 Å². The number of benzene rings is 1. The molecule has 2 aliphatic rings. The molecule has 0 spiro atoms. The van der Waals surface area contributed by atoms with E-state index in [4.69, 9.17) is 30.2 Å². The Bertz CT molecular complexity index is 1150. The maximum absolute atomic E-state index is 15.0. The van der Waals surface area contributed by atoms with E-state index in [1.165, 1.54) is 6.07 Å². The monoisotopic (exact) mass is 514 g/mol. The minimum Gasteiger partial charge on any atom is -0.460 e. The number of carbonyl (C=O) groups is 1. The van der Waals surface area contributed by atoms with Gasteiger partial charge in [-0.25, -0.2) is 14.4 Å². The van der Waals surface area contributed by atoms with Crippen molar-refractivity contribution < 1.29 is 28.2 Å². The first-order valence-corrected chi connectivity index (χ1v) is 12.0. The molecule has 0 amide bonds. The molecule has 2 aromatic rings. The maximum atomic E-state index is 15.0. The van der Waals surface area contributed by atoms with Gasteiger partial charge < -0.3 is 29.7 Å². The molecule has 1 atom stereocenters. The zero-order chi connectivity index (χ0) is 26.4. The second-order valence-electron chi connectivity index (χ2n) is 9.47. The maximum Gasteiger partial charge on any atom is 0.313 e. The van der Waals surface area contributed by atoms with Crippen LogP contribution in [0.1, 0.15) is 38.7 Å². The lowest BCUT2D eigenvalue weighted by Crippen LogP contribution is -2.35. The second-order valence-corrected chi connectivity index (χ2v) is 9.47. The van der Waals surface area contributed by atoms with Crippen LogP contribution in [0.2, 0.25) is 0 Å². The number of oxime groups is 1. The van der Waals surface area contributed by atoms with Gasteiger partial charge in [-0.05, 0) is 13.8 Å². The smallest absolute Gasteiger partial charge is 0.313 e. The highest BCUT2D eigenvalue weighted by molar-refractivity contribution is 5.94. The van der Waals surface area contributed by atoms with Crippen molar-refractivity contribution in [2.45, 2.75) is 51.6 Å². The van der Waals surface area contributed by atoms with Gasteiger partial charge in [0.05, 0.1) is 17.9 Å². The number of halogens is 1. The Balaban J connectivity index is 1.29. The quantitative estimate of drug-likeness (QED) is 0.223. The molecule has 37 heavy (non-hydrogen) atoms. The van der Waals surface area contributed by atoms with Gasteiger partial charge in [0.2, 0.25) is 5.95 Å². The predicted molar refractivity (Wildman–Crippen MR) is 133 cm³/mol. The third kappa shape index (κ3) is 7.20. The lowest BCUT2D eigenvalue weighted by Gasteiger charge is -2.27. The molecule has 2 saturated heterocycles. The number of carbonyl (C=O) groups excluding carboxylic acids is 1. The minimum absolute atomic E-state index is 0.207. The molecule has 0 saturated carbocycles. The molecule has 12 heteroatoms. The van der Waals surface area contributed by atoms with E-state index in [1.54, 1.807) is 24.5 Å². The second kappa shape index (κ2) is 11.6. The zero-order valence-electron chi connectivity index (χ0n) is 20.9. The summed E-state index contributed by atoms with van der Waals surface area (Å²) >= 11 is 0. The number of amidine groups is 1. The van der Waals surface area contributed by atoms with Gasteiger partial charge in [-0.3, -0.25) is 10.2 Å². The van der Waals surface area contributed by atoms with Crippen LogP contribution in [0.15, 0.2) is 35.7 Å². The molecule has 2 fully saturated rings. The molecular formula is C25H31FN6O5. The summed E-state index contributed by atoms with van der Waals surface area (Å²) in [5.74, 6) is -0.971. The van der Waals surface area contributed by atoms with Crippen molar-refractivity contribution in [1.29, 1.82) is 5.41 Å². The van der Waals surface area contributed by atoms with Crippen LogP contribution >= 0.6 is 0 Å². The molecule has 3 heterocycles. The molecule has 4 rings (SSSR count). The Hall–Kier alpha value is -3.64. The van der Waals surface area contributed by atoms with Crippen LogP contribution in [0.3, 0.4) is 0 Å². The highest BCUT2D eigenvalue weighted by Crippen LogP contribution is 2.26. The fourth-order valence-corrected chi connectivity index (χ4v) is 3.95. The van der Waals surface area contributed by atoms with Gasteiger partial charge >= 0.3 is 5.97 Å². The Kier molecular flexibility index (Phi) is 8.29. The van der Waals surface area contributed by atoms with Crippen molar-refractivity contribution in [1.82, 2.24) is 9.97 Å². The van der Waals surface area contributed by atoms with Crippen LogP contribution in [0, 0.1) is 11.2 Å². The standard InChI is InChI=1S/C25H31FN6O5/c1-25(2)15-35-22(37-25)14-36-31-18-6-8-32(9-7-18)24-29-11-17(12-30-24)19-5-3-4-16(23(19)26)13-34-21(33)10-20(27)28/h3-5,11-12,22H,6-10,13-15H2,1-2H3,(H3,27,28). The summed E-state index contributed by atoms with van der Waals surface area (Å²) in [7, 11) is 0. The number of hydrogen-bond acceptors (Lipinski definition) is 10. The summed E-state index contributed by atoms with van der Waals surface area (Å²) in [6, 6.07) is 4.81. The van der Waals surface area contributed by atoms with Crippen LogP contribution < -0.4 is 10.6 Å². The third-order valence-electron chi connectivity index (χ3n) is 5.85. The van der Waals surface area contributed by atoms with Crippen LogP contribution in [0.4, 0.5) is 10.3 Å². The molecule has 2 aliphatic heterocycles. The van der Waals surface area contributed by atoms with Crippen molar-refractivity contribution in [2.75, 3.05) is 31.2 Å². The first-order valence-electron chi connectivity index (χ1n) is 12.0. The largest absolute Gasteiger partial charge is 0.460 e. The van der Waals surface area contributed by atoms with Gasteiger partial charge in [0.25, 0.3) is 0 Å². The van der Waals surface area contributed by atoms with E-state index in [9.17, 15) is 4.79 Å². The van der Waals surface area contributed by atoms with E-state index in [2.05, 4.69) is 15.1 Å². The molecule has 0 aliphatic carbocycles. The van der Waals surface area contributed by atoms with Gasteiger partial charge in [0.1, 0.15) is 24.7 Å². The van der Waals surface area contributed by atoms with Gasteiger partial charge in [-0.2, -0.15) is 0 Å². The van der Waals surface area contributed by atoms with Crippen LogP contribution in [-0.2, 0) is 30.4 Å². The number of nitrogens with two attached hydrogens (primary N) is 1. The number of ether oxygens (including phenoxy) is 3. The lowest BCUT2D eigenvalue weighted by molar-refractivity contribution is -0.143. The summed E-state index contributed by atoms with van der Waals surface area (Å²) < 4.78 is 31.3. The Labute approximate surface area is 214 Å². The topological polar surface area (TPSA) is 145 Å². The molecular weight excluding hydrogens is 483 g/mol. The summed E-state index contributed by atoms with van der Waals surface area (Å²) in [6.45, 7) is 5.82. The highest BCUT2D eigenvalue weighted by atomic mass is 19.1. The summed E-state index contributed by atoms with van der Waals surface area (Å²) in [5, 5.41) is 11.4. The Morgan fingerprint density at radius 1 is 1.30 bits per heavy atom. The van der Waals surface area contributed by atoms with Gasteiger partial charge in [0.15, 0.2) is 12.9 Å². The molecule has 0 radical (unpaired) electrons. The molecule has 0 bridgehead atoms. The summed E-state index contributed by atoms with van der Waals surface area (Å²) in [4.78, 5) is 27.9. The predicted octanol–water partition coefficient (Wildman–Crippen LogP) is 2.78. The van der Waals surface area contributed by atoms with Gasteiger partial charge in [0, 0.05) is 55.0 Å². The number of piperidine rings is 1. The molecule has 1 unspecified atom stereocenters. The van der Waals surface area contributed by atoms with Crippen LogP contribution in [0.5, 0.6) is 0 Å². The van der Waals surface area contributed by atoms with E-state index < -0.39 is 18.1 Å². The number of nitrogens with one attached hydrogen (secondary N) is 1. The van der Waals surface area contributed by atoms with E-state index >= 15 is 4.39 Å². The van der Waals surface area contributed by atoms with E-state index in [0.717, 1.165) is 5.71 Å². The van der Waals surface area contributed by atoms with E-state index in [-0.39, 0.29) is 36.6 Å². The Morgan fingerprint density at radius 3 is 2.68 bits per heavy atom. The zero-order valence-corrected chi connectivity index (χ0v) is 20.9. The number of aromatic nitrogens is 2. The van der Waals surface area contributed by atoms with Gasteiger partial charge in [-0.15, -0.1) is 0 Å². The third-order valence-corrected chi connectivity index (χ3v) is 5.85. The Morgan fingerprint density at radius 2 is 2.03 bits per heavy atom. The SMILES string of the molecule is CC1(C)COC(CON=C2CCN(c3ncc(-c4cccc(COC(=O)CC(=N)N)c4F)cn3)CC2)O1. The van der Waals surface area contributed by atoms with Crippen molar-refractivity contribution in [3.05, 3.63) is 42.0 Å². The molecule has 11 nitrogen and oxygen atoms in total. The lowest BCUT2D eigenvalue weighted by atomic mass is 10.0. The van der Waals surface area contributed by atoms with Crippen molar-refractivity contribution >= 4 is 23.5 Å². The average Bonchev–Trinajstić information content (AvgIpc) is 3.22. The van der Waals surface area contributed by atoms with Crippen molar-refractivity contribution in [3.8, 4) is 11.1 Å². The normalized spacial score (nSPS) is 18.9. The first kappa shape index (κ1) is 26.4. The number of hydrogen-bond donors (Lipinski definition) is 2. The van der Waals surface area contributed by atoms with Crippen LogP contribution in [-0.4, -0.2) is 65.7 Å². The minimum atomic E-state index is -0.688. The molecule has 3 N–H and O–H groups in total. The first-order chi connectivity index (χ1) is 17.7. The number of esters is 1. The summed E-state index contributed by atoms with van der Waals surface area (Å²) in [6.07, 6.45) is 3.82. The number of nitrogens with zero attached hydrogens (tertiary/aromatic N) is 4. The summed E-state index contributed by atoms with van der Waals surface area (Å²) in [5.41, 5.74) is 6.85. The van der Waals surface area contributed by atoms with E-state index in [1.807, 2.05) is 18.7 Å². The van der Waals surface area contributed by atoms with Crippen LogP contribution in [0.25, 0.3) is 11.1 Å². The molecule has 1 aromatic heterocycles. The number of rotatable bonds is 9. The fourth-order valence-electron chi connectivity index (χ4n) is 3.95. The fraction of sp³-hybridized carbons (Fsp3) is 0.480. The van der Waals surface area contributed by atoms with E-state index in [0.29, 0.717) is 49.6 Å². The van der Waals surface area contributed by atoms with Crippen molar-refractivity contribution in [2.24, 2.45) is 10.9 Å². The number of anilines is 1. The van der Waals surface area contributed by atoms with Gasteiger partial charge in [-0.1, -0.05) is 23.4 Å². The molecule has 1 aromatic carbocycles. The highest BCUT2D eigenvalue weighted by Gasteiger charge is 2.33. The average molecular weight is 515 g/mol.